The predicted octanol–water partition coefficient (Wildman–Crippen LogP) is 1.32. The second-order valence-electron chi connectivity index (χ2n) is 4.96. The van der Waals surface area contributed by atoms with Crippen LogP contribution in [0, 0.1) is 5.92 Å². The van der Waals surface area contributed by atoms with Crippen LogP contribution in [-0.4, -0.2) is 37.2 Å². The lowest BCUT2D eigenvalue weighted by atomic mass is 10.0. The van der Waals surface area contributed by atoms with Crippen molar-refractivity contribution in [1.82, 2.24) is 5.32 Å². The van der Waals surface area contributed by atoms with Gasteiger partial charge in [-0.25, -0.2) is 13.2 Å². The number of hydrogen-bond donors (Lipinski definition) is 2. The average molecular weight is 313 g/mol. The fourth-order valence-corrected chi connectivity index (χ4v) is 2.66. The molecular formula is C14H19NO5S. The lowest BCUT2D eigenvalue weighted by molar-refractivity contribution is -0.140. The van der Waals surface area contributed by atoms with E-state index in [1.54, 1.807) is 13.8 Å². The molecule has 0 radical (unpaired) electrons. The van der Waals surface area contributed by atoms with Gasteiger partial charge in [0.25, 0.3) is 5.91 Å². The van der Waals surface area contributed by atoms with Crippen molar-refractivity contribution in [2.75, 3.05) is 5.75 Å². The van der Waals surface area contributed by atoms with Crippen LogP contribution in [0.15, 0.2) is 29.2 Å². The van der Waals surface area contributed by atoms with E-state index in [9.17, 15) is 18.0 Å². The third kappa shape index (κ3) is 4.29. The van der Waals surface area contributed by atoms with E-state index in [2.05, 4.69) is 5.32 Å². The number of carboxylic acids is 1. The Bertz CT molecular complexity index is 637. The van der Waals surface area contributed by atoms with Crippen LogP contribution < -0.4 is 5.32 Å². The maximum Gasteiger partial charge on any atom is 0.326 e. The average Bonchev–Trinajstić information content (AvgIpc) is 2.43. The van der Waals surface area contributed by atoms with Gasteiger partial charge in [0.05, 0.1) is 10.6 Å². The van der Waals surface area contributed by atoms with Crippen molar-refractivity contribution in [2.45, 2.75) is 31.7 Å². The predicted molar refractivity (Wildman–Crippen MR) is 77.9 cm³/mol. The number of carbonyl (C=O) groups excluding carboxylic acids is 1. The van der Waals surface area contributed by atoms with E-state index < -0.39 is 27.8 Å². The van der Waals surface area contributed by atoms with Crippen molar-refractivity contribution in [3.8, 4) is 0 Å². The van der Waals surface area contributed by atoms with Gasteiger partial charge in [0, 0.05) is 5.56 Å². The lowest BCUT2D eigenvalue weighted by Crippen LogP contribution is -2.44. The first kappa shape index (κ1) is 17.2. The molecule has 21 heavy (non-hydrogen) atoms. The number of rotatable bonds is 6. The Balaban J connectivity index is 3.04. The van der Waals surface area contributed by atoms with Gasteiger partial charge in [0.1, 0.15) is 6.04 Å². The van der Waals surface area contributed by atoms with Gasteiger partial charge in [-0.2, -0.15) is 0 Å². The molecule has 1 rings (SSSR count). The summed E-state index contributed by atoms with van der Waals surface area (Å²) in [6.07, 6.45) is 0. The molecule has 0 heterocycles. The van der Waals surface area contributed by atoms with Crippen molar-refractivity contribution in [3.63, 3.8) is 0 Å². The van der Waals surface area contributed by atoms with Gasteiger partial charge < -0.3 is 10.4 Å². The van der Waals surface area contributed by atoms with E-state index in [1.165, 1.54) is 31.2 Å². The second kappa shape index (κ2) is 6.71. The number of amides is 1. The van der Waals surface area contributed by atoms with Gasteiger partial charge in [-0.05, 0) is 24.1 Å². The maximum atomic E-state index is 12.1. The molecule has 6 nitrogen and oxygen atoms in total. The third-order valence-corrected chi connectivity index (χ3v) is 4.79. The van der Waals surface area contributed by atoms with Gasteiger partial charge in [-0.15, -0.1) is 0 Å². The van der Waals surface area contributed by atoms with Gasteiger partial charge in [0.2, 0.25) is 0 Å². The monoisotopic (exact) mass is 313 g/mol. The largest absolute Gasteiger partial charge is 0.480 e. The van der Waals surface area contributed by atoms with Crippen LogP contribution in [0.1, 0.15) is 31.1 Å². The molecule has 1 atom stereocenters. The molecule has 2 N–H and O–H groups in total. The first-order chi connectivity index (χ1) is 9.69. The van der Waals surface area contributed by atoms with Crippen LogP contribution >= 0.6 is 0 Å². The maximum absolute atomic E-state index is 12.1. The molecule has 116 valence electrons. The van der Waals surface area contributed by atoms with Crippen LogP contribution in [-0.2, 0) is 14.6 Å². The number of hydrogen-bond acceptors (Lipinski definition) is 4. The standard InChI is InChI=1S/C14H19NO5S/c1-4-21(19,20)11-7-5-6-10(8-11)13(16)15-12(9(2)3)14(17)18/h5-9,12H,4H2,1-3H3,(H,15,16)(H,17,18). The summed E-state index contributed by atoms with van der Waals surface area (Å²) in [5.74, 6) is -2.09. The fraction of sp³-hybridized carbons (Fsp3) is 0.429. The zero-order chi connectivity index (χ0) is 16.2. The van der Waals surface area contributed by atoms with Crippen LogP contribution in [0.5, 0.6) is 0 Å². The van der Waals surface area contributed by atoms with Crippen LogP contribution in [0.3, 0.4) is 0 Å². The van der Waals surface area contributed by atoms with Gasteiger partial charge in [-0.1, -0.05) is 26.8 Å². The molecule has 0 aliphatic rings. The molecule has 1 unspecified atom stereocenters. The molecule has 0 aliphatic carbocycles. The van der Waals surface area contributed by atoms with E-state index in [4.69, 9.17) is 5.11 Å². The zero-order valence-electron chi connectivity index (χ0n) is 12.2. The number of nitrogens with one attached hydrogen (secondary N) is 1. The van der Waals surface area contributed by atoms with E-state index in [1.807, 2.05) is 0 Å². The molecule has 0 fully saturated rings. The molecule has 0 bridgehead atoms. The van der Waals surface area contributed by atoms with E-state index in [0.29, 0.717) is 0 Å². The Morgan fingerprint density at radius 1 is 1.29 bits per heavy atom. The van der Waals surface area contributed by atoms with Crippen molar-refractivity contribution >= 4 is 21.7 Å². The van der Waals surface area contributed by atoms with Crippen LogP contribution in [0.2, 0.25) is 0 Å². The van der Waals surface area contributed by atoms with Crippen molar-refractivity contribution in [1.29, 1.82) is 0 Å². The Morgan fingerprint density at radius 3 is 2.38 bits per heavy atom. The second-order valence-corrected chi connectivity index (χ2v) is 7.24. The van der Waals surface area contributed by atoms with Crippen LogP contribution in [0.25, 0.3) is 0 Å². The molecule has 0 aliphatic heterocycles. The van der Waals surface area contributed by atoms with Gasteiger partial charge in [0.15, 0.2) is 9.84 Å². The zero-order valence-corrected chi connectivity index (χ0v) is 13.0. The van der Waals surface area contributed by atoms with Gasteiger partial charge >= 0.3 is 5.97 Å². The Labute approximate surface area is 124 Å². The summed E-state index contributed by atoms with van der Waals surface area (Å²) in [6.45, 7) is 4.87. The highest BCUT2D eigenvalue weighted by Crippen LogP contribution is 2.14. The first-order valence-electron chi connectivity index (χ1n) is 6.55. The molecule has 0 saturated carbocycles. The number of carbonyl (C=O) groups is 2. The molecule has 0 spiro atoms. The van der Waals surface area contributed by atoms with Crippen molar-refractivity contribution in [2.24, 2.45) is 5.92 Å². The summed E-state index contributed by atoms with van der Waals surface area (Å²) in [4.78, 5) is 23.2. The van der Waals surface area contributed by atoms with Crippen molar-refractivity contribution < 1.29 is 23.1 Å². The minimum atomic E-state index is -3.41. The Morgan fingerprint density at radius 2 is 1.90 bits per heavy atom. The normalized spacial score (nSPS) is 13.0. The van der Waals surface area contributed by atoms with E-state index >= 15 is 0 Å². The molecule has 1 aromatic rings. The SMILES string of the molecule is CCS(=O)(=O)c1cccc(C(=O)NC(C(=O)O)C(C)C)c1. The third-order valence-electron chi connectivity index (χ3n) is 3.05. The molecule has 1 amide bonds. The highest BCUT2D eigenvalue weighted by Gasteiger charge is 2.24. The molecule has 0 aromatic heterocycles. The van der Waals surface area contributed by atoms with Gasteiger partial charge in [-0.3, -0.25) is 4.79 Å². The summed E-state index contributed by atoms with van der Waals surface area (Å²) >= 11 is 0. The molecular weight excluding hydrogens is 294 g/mol. The summed E-state index contributed by atoms with van der Waals surface area (Å²) in [5.41, 5.74) is 0.122. The summed E-state index contributed by atoms with van der Waals surface area (Å²) in [6, 6.07) is 4.55. The quantitative estimate of drug-likeness (QED) is 0.825. The number of benzene rings is 1. The fourth-order valence-electron chi connectivity index (χ4n) is 1.74. The Hall–Kier alpha value is -1.89. The van der Waals surface area contributed by atoms with Crippen molar-refractivity contribution in [3.05, 3.63) is 29.8 Å². The topological polar surface area (TPSA) is 101 Å². The Kier molecular flexibility index (Phi) is 5.48. The summed E-state index contributed by atoms with van der Waals surface area (Å²) < 4.78 is 23.6. The number of sulfone groups is 1. The minimum Gasteiger partial charge on any atom is -0.480 e. The first-order valence-corrected chi connectivity index (χ1v) is 8.20. The van der Waals surface area contributed by atoms with Crippen LogP contribution in [0.4, 0.5) is 0 Å². The lowest BCUT2D eigenvalue weighted by Gasteiger charge is -2.18. The molecule has 1 aromatic carbocycles. The smallest absolute Gasteiger partial charge is 0.326 e. The highest BCUT2D eigenvalue weighted by molar-refractivity contribution is 7.91. The minimum absolute atomic E-state index is 0.0501. The summed E-state index contributed by atoms with van der Waals surface area (Å²) in [7, 11) is -3.41. The van der Waals surface area contributed by atoms with E-state index in [0.717, 1.165) is 0 Å². The summed E-state index contributed by atoms with van der Waals surface area (Å²) in [5, 5.41) is 11.4. The van der Waals surface area contributed by atoms with E-state index in [-0.39, 0.29) is 22.1 Å². The molecule has 7 heteroatoms. The highest BCUT2D eigenvalue weighted by atomic mass is 32.2. The number of carboxylic acid groups (broad SMARTS) is 1. The number of aliphatic carboxylic acids is 1. The molecule has 0 saturated heterocycles.